The predicted molar refractivity (Wildman–Crippen MR) is 124 cm³/mol. The predicted octanol–water partition coefficient (Wildman–Crippen LogP) is 4.01. The Labute approximate surface area is 186 Å². The van der Waals surface area contributed by atoms with Crippen LogP contribution < -0.4 is 15.4 Å². The van der Waals surface area contributed by atoms with E-state index >= 15 is 0 Å². The maximum atomic E-state index is 12.8. The standard InChI is InChI=1S/C23H26ClN5O2/c1-14-16(24)5-4-6-17(14)27-22-20-18(8-10-26-23(20)30)28-21(22)15-7-9-25-13-19(15)31-12-11-29(2)3/h4-7,9,13,27-28H,8,10-12H2,1-3H3,(H,26,30). The first-order valence-electron chi connectivity index (χ1n) is 10.2. The smallest absolute Gasteiger partial charge is 0.255 e. The number of benzene rings is 1. The summed E-state index contributed by atoms with van der Waals surface area (Å²) in [6, 6.07) is 7.59. The molecule has 3 heterocycles. The minimum Gasteiger partial charge on any atom is -0.490 e. The SMILES string of the molecule is Cc1c(Cl)cccc1Nc1c(-c2ccncc2OCCN(C)C)[nH]c2c1C(=O)NCC2. The van der Waals surface area contributed by atoms with Crippen molar-refractivity contribution in [3.05, 3.63) is 58.5 Å². The minimum atomic E-state index is -0.102. The van der Waals surface area contributed by atoms with Crippen molar-refractivity contribution in [2.45, 2.75) is 13.3 Å². The zero-order chi connectivity index (χ0) is 22.0. The summed E-state index contributed by atoms with van der Waals surface area (Å²) in [5, 5.41) is 7.07. The van der Waals surface area contributed by atoms with Crippen LogP contribution in [0.2, 0.25) is 5.02 Å². The van der Waals surface area contributed by atoms with Crippen molar-refractivity contribution in [1.82, 2.24) is 20.2 Å². The van der Waals surface area contributed by atoms with E-state index in [1.807, 2.05) is 45.3 Å². The van der Waals surface area contributed by atoms with Crippen LogP contribution in [-0.4, -0.2) is 54.6 Å². The molecule has 0 saturated carbocycles. The van der Waals surface area contributed by atoms with Crippen LogP contribution in [0.25, 0.3) is 11.3 Å². The number of hydrogen-bond donors (Lipinski definition) is 3. The summed E-state index contributed by atoms with van der Waals surface area (Å²) in [6.07, 6.45) is 4.16. The molecule has 162 valence electrons. The number of nitrogens with zero attached hydrogens (tertiary/aromatic N) is 2. The van der Waals surface area contributed by atoms with Crippen LogP contribution in [0, 0.1) is 6.92 Å². The average molecular weight is 440 g/mol. The fraction of sp³-hybridized carbons (Fsp3) is 0.304. The van der Waals surface area contributed by atoms with Crippen molar-refractivity contribution >= 4 is 28.9 Å². The highest BCUT2D eigenvalue weighted by atomic mass is 35.5. The molecule has 7 nitrogen and oxygen atoms in total. The van der Waals surface area contributed by atoms with Crippen LogP contribution in [0.5, 0.6) is 5.75 Å². The number of rotatable bonds is 7. The summed E-state index contributed by atoms with van der Waals surface area (Å²) >= 11 is 6.33. The van der Waals surface area contributed by atoms with Crippen molar-refractivity contribution in [2.24, 2.45) is 0 Å². The molecule has 0 fully saturated rings. The fourth-order valence-corrected chi connectivity index (χ4v) is 3.80. The maximum Gasteiger partial charge on any atom is 0.255 e. The molecule has 1 aliphatic heterocycles. The Bertz CT molecular complexity index is 1110. The number of carbonyl (C=O) groups is 1. The quantitative estimate of drug-likeness (QED) is 0.518. The van der Waals surface area contributed by atoms with Gasteiger partial charge in [0.1, 0.15) is 12.4 Å². The van der Waals surface area contributed by atoms with E-state index in [9.17, 15) is 4.79 Å². The Morgan fingerprint density at radius 3 is 2.94 bits per heavy atom. The molecular formula is C23H26ClN5O2. The first-order chi connectivity index (χ1) is 15.0. The molecule has 8 heteroatoms. The van der Waals surface area contributed by atoms with Gasteiger partial charge >= 0.3 is 0 Å². The number of anilines is 2. The van der Waals surface area contributed by atoms with E-state index in [2.05, 4.69) is 25.5 Å². The number of aromatic amines is 1. The third kappa shape index (κ3) is 4.38. The van der Waals surface area contributed by atoms with Gasteiger partial charge in [-0.1, -0.05) is 17.7 Å². The van der Waals surface area contributed by atoms with E-state index in [4.69, 9.17) is 16.3 Å². The van der Waals surface area contributed by atoms with Gasteiger partial charge in [0.05, 0.1) is 23.1 Å². The number of hydrogen-bond acceptors (Lipinski definition) is 5. The number of aromatic nitrogens is 2. The lowest BCUT2D eigenvalue weighted by molar-refractivity contribution is 0.0947. The Hall–Kier alpha value is -3.03. The summed E-state index contributed by atoms with van der Waals surface area (Å²) in [4.78, 5) is 22.5. The highest BCUT2D eigenvalue weighted by Gasteiger charge is 2.28. The molecule has 0 aliphatic carbocycles. The van der Waals surface area contributed by atoms with Crippen molar-refractivity contribution in [2.75, 3.05) is 39.1 Å². The van der Waals surface area contributed by atoms with E-state index in [-0.39, 0.29) is 5.91 Å². The molecule has 4 rings (SSSR count). The molecule has 0 bridgehead atoms. The number of halogens is 1. The second-order valence-electron chi connectivity index (χ2n) is 7.80. The van der Waals surface area contributed by atoms with Gasteiger partial charge in [-0.15, -0.1) is 0 Å². The van der Waals surface area contributed by atoms with Crippen LogP contribution >= 0.6 is 11.6 Å². The number of H-pyrrole nitrogens is 1. The Kier molecular flexibility index (Phi) is 6.15. The lowest BCUT2D eigenvalue weighted by atomic mass is 10.0. The topological polar surface area (TPSA) is 82.3 Å². The number of nitrogens with one attached hydrogen (secondary N) is 3. The highest BCUT2D eigenvalue weighted by Crippen LogP contribution is 2.41. The van der Waals surface area contributed by atoms with Gasteiger partial charge in [0.15, 0.2) is 0 Å². The third-order valence-corrected chi connectivity index (χ3v) is 5.75. The summed E-state index contributed by atoms with van der Waals surface area (Å²) in [7, 11) is 4.00. The molecule has 0 atom stereocenters. The second-order valence-corrected chi connectivity index (χ2v) is 8.20. The van der Waals surface area contributed by atoms with Gasteiger partial charge in [-0.3, -0.25) is 9.78 Å². The second kappa shape index (κ2) is 8.99. The molecule has 3 N–H and O–H groups in total. The van der Waals surface area contributed by atoms with Gasteiger partial charge in [0.2, 0.25) is 0 Å². The van der Waals surface area contributed by atoms with Crippen LogP contribution in [0.15, 0.2) is 36.7 Å². The summed E-state index contributed by atoms with van der Waals surface area (Å²) in [6.45, 7) is 3.86. The van der Waals surface area contributed by atoms with E-state index in [1.54, 1.807) is 12.4 Å². The molecule has 0 spiro atoms. The lowest BCUT2D eigenvalue weighted by Crippen LogP contribution is -2.31. The molecule has 1 amide bonds. The van der Waals surface area contributed by atoms with Crippen LogP contribution in [0.1, 0.15) is 21.6 Å². The molecule has 0 saturated heterocycles. The van der Waals surface area contributed by atoms with Crippen molar-refractivity contribution < 1.29 is 9.53 Å². The van der Waals surface area contributed by atoms with Crippen molar-refractivity contribution in [1.29, 1.82) is 0 Å². The number of pyridine rings is 1. The monoisotopic (exact) mass is 439 g/mol. The molecule has 1 aliphatic rings. The molecular weight excluding hydrogens is 414 g/mol. The van der Waals surface area contributed by atoms with Gasteiger partial charge in [-0.05, 0) is 44.8 Å². The molecule has 3 aromatic rings. The van der Waals surface area contributed by atoms with E-state index in [0.717, 1.165) is 41.2 Å². The molecule has 0 unspecified atom stereocenters. The van der Waals surface area contributed by atoms with Crippen molar-refractivity contribution in [3.8, 4) is 17.0 Å². The zero-order valence-electron chi connectivity index (χ0n) is 17.9. The summed E-state index contributed by atoms with van der Waals surface area (Å²) < 4.78 is 6.04. The Morgan fingerprint density at radius 1 is 1.29 bits per heavy atom. The largest absolute Gasteiger partial charge is 0.490 e. The summed E-state index contributed by atoms with van der Waals surface area (Å²) in [5.74, 6) is 0.560. The number of fused-ring (bicyclic) bond motifs is 1. The normalized spacial score (nSPS) is 13.1. The van der Waals surface area contributed by atoms with Gasteiger partial charge in [0, 0.05) is 47.7 Å². The van der Waals surface area contributed by atoms with Gasteiger partial charge in [-0.2, -0.15) is 0 Å². The van der Waals surface area contributed by atoms with Crippen LogP contribution in [-0.2, 0) is 6.42 Å². The van der Waals surface area contributed by atoms with Gasteiger partial charge < -0.3 is 25.3 Å². The number of amides is 1. The fourth-order valence-electron chi connectivity index (χ4n) is 3.62. The summed E-state index contributed by atoms with van der Waals surface area (Å²) in [5.41, 5.74) is 5.63. The van der Waals surface area contributed by atoms with Gasteiger partial charge in [-0.25, -0.2) is 0 Å². The zero-order valence-corrected chi connectivity index (χ0v) is 18.6. The number of carbonyl (C=O) groups excluding carboxylic acids is 1. The van der Waals surface area contributed by atoms with E-state index in [1.165, 1.54) is 0 Å². The molecule has 0 radical (unpaired) electrons. The Balaban J connectivity index is 1.80. The first-order valence-corrected chi connectivity index (χ1v) is 10.6. The van der Waals surface area contributed by atoms with E-state index < -0.39 is 0 Å². The third-order valence-electron chi connectivity index (χ3n) is 5.34. The molecule has 1 aromatic carbocycles. The van der Waals surface area contributed by atoms with Gasteiger partial charge in [0.25, 0.3) is 5.91 Å². The maximum absolute atomic E-state index is 12.8. The first kappa shape index (κ1) is 21.2. The molecule has 2 aromatic heterocycles. The minimum absolute atomic E-state index is 0.102. The van der Waals surface area contributed by atoms with E-state index in [0.29, 0.717) is 35.2 Å². The van der Waals surface area contributed by atoms with Crippen LogP contribution in [0.4, 0.5) is 11.4 Å². The van der Waals surface area contributed by atoms with Crippen LogP contribution in [0.3, 0.4) is 0 Å². The molecule has 31 heavy (non-hydrogen) atoms. The number of ether oxygens (including phenoxy) is 1. The lowest BCUT2D eigenvalue weighted by Gasteiger charge is -2.17. The highest BCUT2D eigenvalue weighted by molar-refractivity contribution is 6.31. The number of likely N-dealkylation sites (N-methyl/N-ethyl adjacent to an activating group) is 1. The van der Waals surface area contributed by atoms with Crippen molar-refractivity contribution in [3.63, 3.8) is 0 Å². The Morgan fingerprint density at radius 2 is 2.13 bits per heavy atom. The average Bonchev–Trinajstić information content (AvgIpc) is 3.11.